The van der Waals surface area contributed by atoms with Gasteiger partial charge in [0.2, 0.25) is 0 Å². The smallest absolute Gasteiger partial charge is 0.320 e. The molecule has 0 radical (unpaired) electrons. The van der Waals surface area contributed by atoms with Crippen LogP contribution in [0.15, 0.2) is 0 Å². The highest BCUT2D eigenvalue weighted by Crippen LogP contribution is 2.18. The molecule has 5 heteroatoms. The summed E-state index contributed by atoms with van der Waals surface area (Å²) in [5.74, 6) is -0.114. The molecular weight excluding hydrogens is 256 g/mol. The van der Waals surface area contributed by atoms with E-state index in [1.807, 2.05) is 18.7 Å². The van der Waals surface area contributed by atoms with Crippen LogP contribution in [0, 0.1) is 5.92 Å². The Hall–Kier alpha value is -1.26. The van der Waals surface area contributed by atoms with Gasteiger partial charge >= 0.3 is 12.0 Å². The summed E-state index contributed by atoms with van der Waals surface area (Å²) in [6.07, 6.45) is 3.95. The summed E-state index contributed by atoms with van der Waals surface area (Å²) in [5.41, 5.74) is 0. The van der Waals surface area contributed by atoms with E-state index in [4.69, 9.17) is 5.11 Å². The number of carboxylic acid groups (broad SMARTS) is 1. The number of likely N-dealkylation sites (tertiary alicyclic amines) is 1. The summed E-state index contributed by atoms with van der Waals surface area (Å²) in [6.45, 7) is 8.38. The number of urea groups is 1. The van der Waals surface area contributed by atoms with E-state index in [0.29, 0.717) is 18.9 Å². The van der Waals surface area contributed by atoms with Crippen molar-refractivity contribution in [3.05, 3.63) is 0 Å². The lowest BCUT2D eigenvalue weighted by molar-refractivity contribution is -0.137. The Morgan fingerprint density at radius 3 is 2.60 bits per heavy atom. The van der Waals surface area contributed by atoms with Crippen molar-refractivity contribution in [3.63, 3.8) is 0 Å². The van der Waals surface area contributed by atoms with Gasteiger partial charge in [0.1, 0.15) is 0 Å². The van der Waals surface area contributed by atoms with Crippen molar-refractivity contribution >= 4 is 12.0 Å². The van der Waals surface area contributed by atoms with Crippen molar-refractivity contribution in [2.45, 2.75) is 58.9 Å². The molecule has 1 heterocycles. The lowest BCUT2D eigenvalue weighted by Gasteiger charge is -2.32. The van der Waals surface area contributed by atoms with Crippen LogP contribution in [-0.4, -0.2) is 52.6 Å². The van der Waals surface area contributed by atoms with E-state index in [9.17, 15) is 9.59 Å². The third-order valence-electron chi connectivity index (χ3n) is 3.95. The first-order valence-electron chi connectivity index (χ1n) is 7.69. The van der Waals surface area contributed by atoms with E-state index in [1.54, 1.807) is 4.90 Å². The molecule has 1 fully saturated rings. The number of nitrogens with zero attached hydrogens (tertiary/aromatic N) is 2. The lowest BCUT2D eigenvalue weighted by atomic mass is 10.0. The Morgan fingerprint density at radius 1 is 1.30 bits per heavy atom. The molecule has 1 rings (SSSR count). The number of rotatable bonds is 5. The van der Waals surface area contributed by atoms with Gasteiger partial charge in [-0.15, -0.1) is 0 Å². The van der Waals surface area contributed by atoms with Crippen LogP contribution in [0.4, 0.5) is 4.79 Å². The number of amides is 2. The maximum Gasteiger partial charge on any atom is 0.320 e. The highest BCUT2D eigenvalue weighted by molar-refractivity contribution is 5.75. The quantitative estimate of drug-likeness (QED) is 0.844. The van der Waals surface area contributed by atoms with E-state index < -0.39 is 5.97 Å². The summed E-state index contributed by atoms with van der Waals surface area (Å²) in [4.78, 5) is 26.9. The normalized spacial score (nSPS) is 19.8. The van der Waals surface area contributed by atoms with Gasteiger partial charge in [-0.1, -0.05) is 6.92 Å². The van der Waals surface area contributed by atoms with Crippen molar-refractivity contribution in [1.82, 2.24) is 9.80 Å². The van der Waals surface area contributed by atoms with Crippen LogP contribution in [0.25, 0.3) is 0 Å². The maximum atomic E-state index is 12.6. The number of carbonyl (C=O) groups is 2. The van der Waals surface area contributed by atoms with Crippen molar-refractivity contribution in [2.24, 2.45) is 5.92 Å². The SMILES string of the molecule is CC1CCCN(C(=O)N(CCCC(=O)O)C(C)C)CC1. The first-order chi connectivity index (χ1) is 9.41. The first kappa shape index (κ1) is 16.8. The number of hydrogen-bond acceptors (Lipinski definition) is 2. The number of aliphatic carboxylic acids is 1. The standard InChI is InChI=1S/C15H28N2O3/c1-12(2)17(10-5-7-14(18)19)15(20)16-9-4-6-13(3)8-11-16/h12-13H,4-11H2,1-3H3,(H,18,19). The molecule has 1 aliphatic heterocycles. The molecule has 1 saturated heterocycles. The molecular formula is C15H28N2O3. The van der Waals surface area contributed by atoms with Gasteiger partial charge in [-0.25, -0.2) is 4.79 Å². The topological polar surface area (TPSA) is 60.9 Å². The predicted molar refractivity (Wildman–Crippen MR) is 78.7 cm³/mol. The van der Waals surface area contributed by atoms with E-state index >= 15 is 0 Å². The second-order valence-corrected chi connectivity index (χ2v) is 6.09. The minimum atomic E-state index is -0.801. The van der Waals surface area contributed by atoms with Crippen LogP contribution < -0.4 is 0 Å². The van der Waals surface area contributed by atoms with Crippen molar-refractivity contribution in [2.75, 3.05) is 19.6 Å². The van der Waals surface area contributed by atoms with Crippen molar-refractivity contribution in [3.8, 4) is 0 Å². The van der Waals surface area contributed by atoms with Crippen molar-refractivity contribution < 1.29 is 14.7 Å². The molecule has 1 N–H and O–H groups in total. The van der Waals surface area contributed by atoms with E-state index in [1.165, 1.54) is 6.42 Å². The fraction of sp³-hybridized carbons (Fsp3) is 0.867. The molecule has 0 aromatic heterocycles. The molecule has 0 spiro atoms. The average molecular weight is 284 g/mol. The molecule has 1 unspecified atom stereocenters. The Bertz CT molecular complexity index is 331. The number of hydrogen-bond donors (Lipinski definition) is 1. The van der Waals surface area contributed by atoms with Crippen LogP contribution in [0.5, 0.6) is 0 Å². The Kier molecular flexibility index (Phi) is 6.82. The van der Waals surface area contributed by atoms with Crippen LogP contribution in [-0.2, 0) is 4.79 Å². The highest BCUT2D eigenvalue weighted by Gasteiger charge is 2.24. The zero-order chi connectivity index (χ0) is 15.1. The summed E-state index contributed by atoms with van der Waals surface area (Å²) in [6, 6.07) is 0.177. The third kappa shape index (κ3) is 5.39. The van der Waals surface area contributed by atoms with Gasteiger partial charge in [0, 0.05) is 32.1 Å². The monoisotopic (exact) mass is 284 g/mol. The van der Waals surface area contributed by atoms with Crippen LogP contribution >= 0.6 is 0 Å². The molecule has 1 atom stereocenters. The van der Waals surface area contributed by atoms with Gasteiger partial charge in [-0.05, 0) is 45.4 Å². The zero-order valence-electron chi connectivity index (χ0n) is 13.0. The Morgan fingerprint density at radius 2 is 2.00 bits per heavy atom. The first-order valence-corrected chi connectivity index (χ1v) is 7.69. The van der Waals surface area contributed by atoms with Crippen LogP contribution in [0.3, 0.4) is 0 Å². The van der Waals surface area contributed by atoms with E-state index in [0.717, 1.165) is 25.9 Å². The minimum Gasteiger partial charge on any atom is -0.481 e. The molecule has 0 aliphatic carbocycles. The zero-order valence-corrected chi connectivity index (χ0v) is 13.0. The Balaban J connectivity index is 2.56. The van der Waals surface area contributed by atoms with Gasteiger partial charge in [-0.3, -0.25) is 4.79 Å². The summed E-state index contributed by atoms with van der Waals surface area (Å²) in [5, 5.41) is 8.70. The number of carbonyl (C=O) groups excluding carboxylic acids is 1. The molecule has 20 heavy (non-hydrogen) atoms. The molecule has 5 nitrogen and oxygen atoms in total. The number of carboxylic acids is 1. The lowest BCUT2D eigenvalue weighted by Crippen LogP contribution is -2.47. The molecule has 2 amide bonds. The van der Waals surface area contributed by atoms with E-state index in [-0.39, 0.29) is 18.5 Å². The van der Waals surface area contributed by atoms with Gasteiger partial charge in [0.05, 0.1) is 0 Å². The molecule has 0 bridgehead atoms. The van der Waals surface area contributed by atoms with Crippen molar-refractivity contribution in [1.29, 1.82) is 0 Å². The minimum absolute atomic E-state index is 0.0690. The molecule has 0 saturated carbocycles. The average Bonchev–Trinajstić information content (AvgIpc) is 2.58. The summed E-state index contributed by atoms with van der Waals surface area (Å²) < 4.78 is 0. The van der Waals surface area contributed by atoms with Gasteiger partial charge in [0.25, 0.3) is 0 Å². The third-order valence-corrected chi connectivity index (χ3v) is 3.95. The van der Waals surface area contributed by atoms with E-state index in [2.05, 4.69) is 6.92 Å². The van der Waals surface area contributed by atoms with Gasteiger partial charge in [-0.2, -0.15) is 0 Å². The second-order valence-electron chi connectivity index (χ2n) is 6.09. The van der Waals surface area contributed by atoms with Crippen LogP contribution in [0.2, 0.25) is 0 Å². The molecule has 1 aliphatic rings. The predicted octanol–water partition coefficient (Wildman–Crippen LogP) is 2.80. The largest absolute Gasteiger partial charge is 0.481 e. The molecule has 116 valence electrons. The Labute approximate surface area is 121 Å². The fourth-order valence-corrected chi connectivity index (χ4v) is 2.61. The van der Waals surface area contributed by atoms with Crippen LogP contribution in [0.1, 0.15) is 52.9 Å². The van der Waals surface area contributed by atoms with Gasteiger partial charge in [0.15, 0.2) is 0 Å². The maximum absolute atomic E-state index is 12.6. The second kappa shape index (κ2) is 8.12. The van der Waals surface area contributed by atoms with Gasteiger partial charge < -0.3 is 14.9 Å². The fourth-order valence-electron chi connectivity index (χ4n) is 2.61. The highest BCUT2D eigenvalue weighted by atomic mass is 16.4. The molecule has 0 aromatic carbocycles. The molecule has 0 aromatic rings. The summed E-state index contributed by atoms with van der Waals surface area (Å²) >= 11 is 0. The summed E-state index contributed by atoms with van der Waals surface area (Å²) in [7, 11) is 0.